The molecule has 24 aromatic rings. The van der Waals surface area contributed by atoms with Crippen molar-refractivity contribution < 1.29 is 46.1 Å². The highest BCUT2D eigenvalue weighted by Crippen LogP contribution is 2.50. The predicted molar refractivity (Wildman–Crippen MR) is 479 cm³/mol. The Balaban J connectivity index is 0.000000119. The average molecular weight is 1460 g/mol. The van der Waals surface area contributed by atoms with Crippen LogP contribution in [0.3, 0.4) is 0 Å². The summed E-state index contributed by atoms with van der Waals surface area (Å²) in [4.78, 5) is 0. The van der Waals surface area contributed by atoms with Crippen LogP contribution in [0.25, 0.3) is 230 Å². The first-order chi connectivity index (χ1) is 66.0. The van der Waals surface area contributed by atoms with Crippen molar-refractivity contribution in [3.05, 3.63) is 412 Å². The van der Waals surface area contributed by atoms with Gasteiger partial charge >= 0.3 is 0 Å². The molecule has 0 aliphatic heterocycles. The lowest BCUT2D eigenvalue weighted by Gasteiger charge is -2.18. The van der Waals surface area contributed by atoms with Crippen LogP contribution in [0.4, 0.5) is 0 Å². The molecule has 24 rings (SSSR count). The van der Waals surface area contributed by atoms with E-state index >= 15 is 0 Å². The molecule has 0 fully saturated rings. The Morgan fingerprint density at radius 1 is 0.150 bits per heavy atom. The zero-order valence-electron chi connectivity index (χ0n) is 83.6. The molecule has 0 unspecified atom stereocenters. The Kier molecular flexibility index (Phi) is 10.8. The SMILES string of the molecule is [2H]c1c([2H])c([2H])c2c(-c3ccc4c(c3)oc3ccccc34)c3c([2H])c([2H])c([2H])c([2H])c3c(-c3ccc(-c4ccccc4)cc3)c2c1[2H].[2H]c1c([2H])c([2H])c2c(-c3ccc4c(c3)oc3ccccc34)c3c([2H])c([2H])c([2H])c([2H])c3c(-c3ccc4ccccc4c3)c2c1[2H].[2H]c1c([2H])c([2H])c2c(-c3cccc4ccccc34)c3c([2H])c([2H])c([2H])c([2H])c3c(-c3ccc4c(c3)oc3ccccc34)c2c1[2H]. The monoisotopic (exact) mass is 1460 g/mol. The Morgan fingerprint density at radius 3 is 0.814 bits per heavy atom. The van der Waals surface area contributed by atoms with Crippen LogP contribution in [-0.2, 0) is 0 Å². The second-order valence-electron chi connectivity index (χ2n) is 27.7. The van der Waals surface area contributed by atoms with Gasteiger partial charge in [0.1, 0.15) is 33.5 Å². The molecule has 0 aliphatic rings. The number of para-hydroxylation sites is 3. The van der Waals surface area contributed by atoms with E-state index in [-0.39, 0.29) is 137 Å². The lowest BCUT2D eigenvalue weighted by atomic mass is 9.84. The molecule has 3 heteroatoms. The molecule has 21 aromatic carbocycles. The van der Waals surface area contributed by atoms with Gasteiger partial charge in [0, 0.05) is 32.3 Å². The van der Waals surface area contributed by atoms with Crippen LogP contribution >= 0.6 is 0 Å². The fraction of sp³-hybridized carbons (Fsp3) is 0. The minimum Gasteiger partial charge on any atom is -0.456 e. The van der Waals surface area contributed by atoms with E-state index in [2.05, 4.69) is 0 Å². The van der Waals surface area contributed by atoms with E-state index in [1.807, 2.05) is 249 Å². The quantitative estimate of drug-likeness (QED) is 0.149. The van der Waals surface area contributed by atoms with Gasteiger partial charge in [-0.05, 0) is 225 Å². The van der Waals surface area contributed by atoms with Crippen LogP contribution in [0, 0.1) is 0 Å². The van der Waals surface area contributed by atoms with Crippen LogP contribution in [0.15, 0.2) is 425 Å². The largest absolute Gasteiger partial charge is 0.456 e. The molecule has 0 bridgehead atoms. The number of rotatable bonds is 7. The normalized spacial score (nSPS) is 14.7. The highest BCUT2D eigenvalue weighted by atomic mass is 16.3. The number of furan rings is 3. The van der Waals surface area contributed by atoms with Gasteiger partial charge in [-0.1, -0.05) is 351 Å². The molecular weight excluding hydrogens is 1370 g/mol. The van der Waals surface area contributed by atoms with E-state index in [0.717, 1.165) is 65.0 Å². The van der Waals surface area contributed by atoms with E-state index in [0.29, 0.717) is 100 Å². The van der Waals surface area contributed by atoms with Gasteiger partial charge in [0.05, 0.1) is 32.9 Å². The molecule has 3 nitrogen and oxygen atoms in total. The molecule has 526 valence electrons. The number of fused-ring (bicyclic) bond motifs is 17. The van der Waals surface area contributed by atoms with Crippen LogP contribution < -0.4 is 0 Å². The maximum atomic E-state index is 9.18. The van der Waals surface area contributed by atoms with Gasteiger partial charge in [-0.25, -0.2) is 0 Å². The van der Waals surface area contributed by atoms with Gasteiger partial charge in [-0.15, -0.1) is 0 Å². The van der Waals surface area contributed by atoms with Gasteiger partial charge in [0.25, 0.3) is 0 Å². The van der Waals surface area contributed by atoms with E-state index in [4.69, 9.17) is 40.7 Å². The van der Waals surface area contributed by atoms with Crippen molar-refractivity contribution in [2.24, 2.45) is 0 Å². The van der Waals surface area contributed by atoms with Crippen molar-refractivity contribution in [3.63, 3.8) is 0 Å². The first kappa shape index (κ1) is 45.2. The van der Waals surface area contributed by atoms with E-state index in [1.54, 1.807) is 18.2 Å². The van der Waals surface area contributed by atoms with Crippen LogP contribution in [0.2, 0.25) is 0 Å². The average Bonchev–Trinajstić information content (AvgIpc) is 0.956. The minimum atomic E-state index is -0.431. The van der Waals surface area contributed by atoms with Gasteiger partial charge in [-0.2, -0.15) is 0 Å². The molecule has 113 heavy (non-hydrogen) atoms. The lowest BCUT2D eigenvalue weighted by Crippen LogP contribution is -1.91. The van der Waals surface area contributed by atoms with Crippen molar-refractivity contribution in [3.8, 4) is 77.9 Å². The molecule has 3 aromatic heterocycles. The Morgan fingerprint density at radius 2 is 0.416 bits per heavy atom. The number of benzene rings is 21. The smallest absolute Gasteiger partial charge is 0.136 e. The van der Waals surface area contributed by atoms with Crippen LogP contribution in [0.5, 0.6) is 0 Å². The maximum Gasteiger partial charge on any atom is 0.136 e. The predicted octanol–water partition coefficient (Wildman–Crippen LogP) is 31.7. The van der Waals surface area contributed by atoms with Gasteiger partial charge < -0.3 is 13.3 Å². The molecule has 0 radical (unpaired) electrons. The molecule has 0 saturated carbocycles. The van der Waals surface area contributed by atoms with Gasteiger partial charge in [-0.3, -0.25) is 0 Å². The van der Waals surface area contributed by atoms with E-state index in [9.17, 15) is 5.48 Å². The summed E-state index contributed by atoms with van der Waals surface area (Å²) < 4.78 is 232. The topological polar surface area (TPSA) is 39.4 Å². The molecule has 0 N–H and O–H groups in total. The number of hydrogen-bond donors (Lipinski definition) is 0. The first-order valence-electron chi connectivity index (χ1n) is 48.8. The summed E-state index contributed by atoms with van der Waals surface area (Å²) in [5.41, 5.74) is 10.8. The van der Waals surface area contributed by atoms with Crippen LogP contribution in [-0.4, -0.2) is 0 Å². The standard InChI is InChI=1S/C38H24O.2C36H22O/c1-2-10-25(11-3-1)26-18-20-27(21-19-26)37-31-13-4-6-15-33(31)38(34-16-7-5-14-32(34)37)28-22-23-30-29-12-8-9-17-35(29)39-36(30)24-28;1-2-12-25-23(10-1)11-9-18-28(25)36-31-16-5-3-14-29(31)35(30-15-4-6-17-32(30)36)24-20-21-27-26-13-7-8-19-33(26)37-34(27)22-24;1-2-10-24-21-25(18-17-23(24)9-1)35-29-12-3-5-14-31(29)36(32-15-6-4-13-30(32)35)26-19-20-28-27-11-7-8-16-33(27)37-34(28)22-26/h1-24H;2*1-22H/i4D,5D,6D,7D,13D,14D,15D,16D;3D,4D,5D,6D,14D,15D,16D,17D;3D,4D,5D,6D,12D,13D,14D,15D. The molecule has 3 heterocycles. The second kappa shape index (κ2) is 27.0. The Labute approximate surface area is 685 Å². The second-order valence-corrected chi connectivity index (χ2v) is 27.7. The highest BCUT2D eigenvalue weighted by molar-refractivity contribution is 6.26. The molecule has 0 saturated heterocycles. The number of hydrogen-bond acceptors (Lipinski definition) is 3. The molecular formula is C110H68O3. The Bertz CT molecular complexity index is 9220. The third-order valence-electron chi connectivity index (χ3n) is 21.5. The summed E-state index contributed by atoms with van der Waals surface area (Å²) in [6.45, 7) is 0. The zero-order valence-corrected chi connectivity index (χ0v) is 59.6. The third kappa shape index (κ3) is 11.0. The molecule has 0 aliphatic carbocycles. The van der Waals surface area contributed by atoms with Gasteiger partial charge in [0.2, 0.25) is 0 Å². The summed E-state index contributed by atoms with van der Waals surface area (Å²) in [7, 11) is 0. The molecule has 0 atom stereocenters. The lowest BCUT2D eigenvalue weighted by molar-refractivity contribution is 0.668. The highest BCUT2D eigenvalue weighted by Gasteiger charge is 2.23. The van der Waals surface area contributed by atoms with Gasteiger partial charge in [0.15, 0.2) is 0 Å². The first-order valence-corrected chi connectivity index (χ1v) is 36.8. The fourth-order valence-corrected chi connectivity index (χ4v) is 16.5. The van der Waals surface area contributed by atoms with Crippen molar-refractivity contribution in [1.29, 1.82) is 0 Å². The summed E-state index contributed by atoms with van der Waals surface area (Å²) in [5, 5.41) is 11.0. The molecule has 0 amide bonds. The molecule has 0 spiro atoms. The van der Waals surface area contributed by atoms with Crippen molar-refractivity contribution in [2.45, 2.75) is 0 Å². The summed E-state index contributed by atoms with van der Waals surface area (Å²) in [6, 6.07) is 74.6. The van der Waals surface area contributed by atoms with E-state index in [1.165, 1.54) is 0 Å². The zero-order chi connectivity index (χ0) is 95.3. The minimum absolute atomic E-state index is 0.172. The fourth-order valence-electron chi connectivity index (χ4n) is 16.5. The third-order valence-corrected chi connectivity index (χ3v) is 21.5. The van der Waals surface area contributed by atoms with Crippen molar-refractivity contribution in [2.75, 3.05) is 0 Å². The van der Waals surface area contributed by atoms with E-state index < -0.39 is 72.5 Å². The summed E-state index contributed by atoms with van der Waals surface area (Å²) >= 11 is 0. The summed E-state index contributed by atoms with van der Waals surface area (Å²) in [6.07, 6.45) is 0. The summed E-state index contributed by atoms with van der Waals surface area (Å²) in [5.74, 6) is 0. The van der Waals surface area contributed by atoms with Crippen molar-refractivity contribution in [1.82, 2.24) is 0 Å². The maximum absolute atomic E-state index is 9.18. The van der Waals surface area contributed by atoms with Crippen molar-refractivity contribution >= 4 is 152 Å². The Hall–Kier alpha value is -14.9. The van der Waals surface area contributed by atoms with Crippen LogP contribution in [0.1, 0.15) is 32.9 Å².